The SMILES string of the molecule is CC(C)C1CCC(C(=O)c2ccc(Cl)cc2)C1(O)Cn1cncn1. The van der Waals surface area contributed by atoms with Gasteiger partial charge in [-0.05, 0) is 48.9 Å². The fraction of sp³-hybridized carbons (Fsp3) is 0.500. The summed E-state index contributed by atoms with van der Waals surface area (Å²) >= 11 is 5.91. The number of carbonyl (C=O) groups excluding carboxylic acids is 1. The number of aliphatic hydroxyl groups is 1. The minimum absolute atomic E-state index is 0.0302. The van der Waals surface area contributed by atoms with Crippen LogP contribution in [0.3, 0.4) is 0 Å². The third-order valence-corrected chi connectivity index (χ3v) is 5.40. The van der Waals surface area contributed by atoms with Gasteiger partial charge >= 0.3 is 0 Å². The minimum Gasteiger partial charge on any atom is -0.387 e. The van der Waals surface area contributed by atoms with E-state index < -0.39 is 11.5 Å². The molecule has 5 nitrogen and oxygen atoms in total. The predicted octanol–water partition coefficient (Wildman–Crippen LogP) is 3.23. The molecule has 2 aromatic rings. The van der Waals surface area contributed by atoms with E-state index in [2.05, 4.69) is 23.9 Å². The number of rotatable bonds is 5. The molecule has 1 fully saturated rings. The van der Waals surface area contributed by atoms with Crippen molar-refractivity contribution >= 4 is 17.4 Å². The Morgan fingerprint density at radius 3 is 2.67 bits per heavy atom. The van der Waals surface area contributed by atoms with E-state index in [-0.39, 0.29) is 24.2 Å². The largest absolute Gasteiger partial charge is 0.387 e. The third-order valence-electron chi connectivity index (χ3n) is 5.14. The Labute approximate surface area is 146 Å². The van der Waals surface area contributed by atoms with Crippen molar-refractivity contribution in [2.24, 2.45) is 17.8 Å². The molecule has 128 valence electrons. The standard InChI is InChI=1S/C18H22ClN3O2/c1-12(2)15-7-8-16(17(23)13-3-5-14(19)6-4-13)18(15,24)9-22-11-20-10-21-22/h3-6,10-12,15-16,24H,7-9H2,1-2H3. The van der Waals surface area contributed by atoms with Crippen LogP contribution >= 0.6 is 11.6 Å². The first kappa shape index (κ1) is 17.1. The number of hydrogen-bond acceptors (Lipinski definition) is 4. The second-order valence-electron chi connectivity index (χ2n) is 6.94. The number of halogens is 1. The lowest BCUT2D eigenvalue weighted by atomic mass is 9.76. The van der Waals surface area contributed by atoms with E-state index in [1.54, 1.807) is 35.3 Å². The van der Waals surface area contributed by atoms with Gasteiger partial charge in [-0.2, -0.15) is 5.10 Å². The van der Waals surface area contributed by atoms with Gasteiger partial charge in [-0.3, -0.25) is 9.48 Å². The molecule has 6 heteroatoms. The van der Waals surface area contributed by atoms with Crippen LogP contribution in [-0.4, -0.2) is 31.3 Å². The van der Waals surface area contributed by atoms with Crippen molar-refractivity contribution in [3.63, 3.8) is 0 Å². The van der Waals surface area contributed by atoms with Crippen LogP contribution in [0, 0.1) is 17.8 Å². The van der Waals surface area contributed by atoms with E-state index >= 15 is 0 Å². The van der Waals surface area contributed by atoms with Gasteiger partial charge in [-0.15, -0.1) is 0 Å². The molecule has 24 heavy (non-hydrogen) atoms. The Morgan fingerprint density at radius 1 is 1.38 bits per heavy atom. The second kappa shape index (κ2) is 6.65. The van der Waals surface area contributed by atoms with E-state index in [0.717, 1.165) is 6.42 Å². The van der Waals surface area contributed by atoms with Crippen LogP contribution in [0.2, 0.25) is 5.02 Å². The predicted molar refractivity (Wildman–Crippen MR) is 91.8 cm³/mol. The van der Waals surface area contributed by atoms with Gasteiger partial charge in [0.25, 0.3) is 0 Å². The number of hydrogen-bond donors (Lipinski definition) is 1. The summed E-state index contributed by atoms with van der Waals surface area (Å²) in [5, 5.41) is 16.2. The lowest BCUT2D eigenvalue weighted by Gasteiger charge is -2.36. The van der Waals surface area contributed by atoms with Crippen LogP contribution in [0.25, 0.3) is 0 Å². The molecule has 0 saturated heterocycles. The van der Waals surface area contributed by atoms with Gasteiger partial charge < -0.3 is 5.11 Å². The zero-order valence-electron chi connectivity index (χ0n) is 13.9. The summed E-state index contributed by atoms with van der Waals surface area (Å²) in [4.78, 5) is 17.0. The Balaban J connectivity index is 1.92. The highest BCUT2D eigenvalue weighted by Gasteiger charge is 2.53. The number of nitrogens with zero attached hydrogens (tertiary/aromatic N) is 3. The summed E-state index contributed by atoms with van der Waals surface area (Å²) in [6.07, 6.45) is 4.53. The fourth-order valence-corrected chi connectivity index (χ4v) is 4.12. The van der Waals surface area contributed by atoms with E-state index in [9.17, 15) is 9.90 Å². The first-order chi connectivity index (χ1) is 11.4. The smallest absolute Gasteiger partial charge is 0.168 e. The van der Waals surface area contributed by atoms with E-state index in [4.69, 9.17) is 11.6 Å². The average Bonchev–Trinajstić information content (AvgIpc) is 3.15. The maximum atomic E-state index is 13.0. The summed E-state index contributed by atoms with van der Waals surface area (Å²) in [6, 6.07) is 6.87. The van der Waals surface area contributed by atoms with E-state index in [1.807, 2.05) is 0 Å². The zero-order chi connectivity index (χ0) is 17.3. The topological polar surface area (TPSA) is 68.0 Å². The maximum Gasteiger partial charge on any atom is 0.168 e. The number of benzene rings is 1. The third kappa shape index (κ3) is 3.10. The molecule has 1 saturated carbocycles. The van der Waals surface area contributed by atoms with Crippen molar-refractivity contribution in [3.05, 3.63) is 47.5 Å². The van der Waals surface area contributed by atoms with Crippen molar-refractivity contribution in [2.45, 2.75) is 38.8 Å². The number of ketones is 1. The van der Waals surface area contributed by atoms with Crippen LogP contribution in [0.5, 0.6) is 0 Å². The van der Waals surface area contributed by atoms with Gasteiger partial charge in [-0.25, -0.2) is 4.98 Å². The molecule has 0 spiro atoms. The Hall–Kier alpha value is -1.72. The molecule has 1 aromatic heterocycles. The van der Waals surface area contributed by atoms with Gasteiger partial charge in [-0.1, -0.05) is 25.4 Å². The highest BCUT2D eigenvalue weighted by atomic mass is 35.5. The van der Waals surface area contributed by atoms with Crippen LogP contribution in [0.1, 0.15) is 37.0 Å². The first-order valence-corrected chi connectivity index (χ1v) is 8.64. The van der Waals surface area contributed by atoms with Gasteiger partial charge in [0, 0.05) is 10.6 Å². The first-order valence-electron chi connectivity index (χ1n) is 8.26. The van der Waals surface area contributed by atoms with Crippen molar-refractivity contribution < 1.29 is 9.90 Å². The highest BCUT2D eigenvalue weighted by molar-refractivity contribution is 6.30. The van der Waals surface area contributed by atoms with E-state index in [1.165, 1.54) is 6.33 Å². The molecule has 3 rings (SSSR count). The average molecular weight is 348 g/mol. The highest BCUT2D eigenvalue weighted by Crippen LogP contribution is 2.46. The molecule has 3 unspecified atom stereocenters. The summed E-state index contributed by atoms with van der Waals surface area (Å²) < 4.78 is 1.61. The fourth-order valence-electron chi connectivity index (χ4n) is 3.99. The van der Waals surface area contributed by atoms with Crippen LogP contribution in [0.15, 0.2) is 36.9 Å². The molecule has 1 aromatic carbocycles. The maximum absolute atomic E-state index is 13.0. The number of carbonyl (C=O) groups is 1. The lowest BCUT2D eigenvalue weighted by Crippen LogP contribution is -2.48. The number of Topliss-reactive ketones (excluding diaryl/α,β-unsaturated/α-hetero) is 1. The van der Waals surface area contributed by atoms with Gasteiger partial charge in [0.15, 0.2) is 5.78 Å². The second-order valence-corrected chi connectivity index (χ2v) is 7.37. The Morgan fingerprint density at radius 2 is 2.08 bits per heavy atom. The molecule has 1 aliphatic rings. The number of aromatic nitrogens is 3. The molecule has 0 aliphatic heterocycles. The van der Waals surface area contributed by atoms with E-state index in [0.29, 0.717) is 17.0 Å². The van der Waals surface area contributed by atoms with Crippen molar-refractivity contribution in [2.75, 3.05) is 0 Å². The van der Waals surface area contributed by atoms with Crippen LogP contribution in [-0.2, 0) is 6.54 Å². The summed E-state index contributed by atoms with van der Waals surface area (Å²) in [7, 11) is 0. The Kier molecular flexibility index (Phi) is 4.74. The quantitative estimate of drug-likeness (QED) is 0.843. The monoisotopic (exact) mass is 347 g/mol. The van der Waals surface area contributed by atoms with Crippen molar-refractivity contribution in [1.82, 2.24) is 14.8 Å². The minimum atomic E-state index is -1.13. The normalized spacial score (nSPS) is 26.9. The molecule has 0 radical (unpaired) electrons. The summed E-state index contributed by atoms with van der Waals surface area (Å²) in [6.45, 7) is 4.46. The van der Waals surface area contributed by atoms with Gasteiger partial charge in [0.1, 0.15) is 12.7 Å². The molecule has 0 amide bonds. The molecule has 1 aliphatic carbocycles. The zero-order valence-corrected chi connectivity index (χ0v) is 14.6. The van der Waals surface area contributed by atoms with Crippen molar-refractivity contribution in [3.8, 4) is 0 Å². The molecular formula is C18H22ClN3O2. The van der Waals surface area contributed by atoms with Gasteiger partial charge in [0.2, 0.25) is 0 Å². The summed E-state index contributed by atoms with van der Waals surface area (Å²) in [5.41, 5.74) is -0.538. The molecule has 3 atom stereocenters. The van der Waals surface area contributed by atoms with Crippen LogP contribution < -0.4 is 0 Å². The molecule has 1 heterocycles. The molecule has 0 bridgehead atoms. The van der Waals surface area contributed by atoms with Crippen LogP contribution in [0.4, 0.5) is 0 Å². The summed E-state index contributed by atoms with van der Waals surface area (Å²) in [5.74, 6) is -0.155. The molecular weight excluding hydrogens is 326 g/mol. The van der Waals surface area contributed by atoms with Crippen molar-refractivity contribution in [1.29, 1.82) is 0 Å². The van der Waals surface area contributed by atoms with Gasteiger partial charge in [0.05, 0.1) is 18.1 Å². The Bertz CT molecular complexity index is 700. The lowest BCUT2D eigenvalue weighted by molar-refractivity contribution is -0.0574. The molecule has 1 N–H and O–H groups in total.